The van der Waals surface area contributed by atoms with Crippen molar-refractivity contribution in [1.82, 2.24) is 4.98 Å². The Balaban J connectivity index is 2.38. The molecule has 17 heavy (non-hydrogen) atoms. The second-order valence-corrected chi connectivity index (χ2v) is 5.50. The summed E-state index contributed by atoms with van der Waals surface area (Å²) in [4.78, 5) is 14.5. The molecule has 0 amide bonds. The number of hydrogen-bond acceptors (Lipinski definition) is 5. The van der Waals surface area contributed by atoms with Crippen molar-refractivity contribution < 1.29 is 17.6 Å². The number of benzene rings is 1. The topological polar surface area (TPSA) is 77.2 Å². The average Bonchev–Trinajstić information content (AvgIpc) is 2.76. The van der Waals surface area contributed by atoms with Gasteiger partial charge in [0.25, 0.3) is 5.89 Å². The Morgan fingerprint density at radius 3 is 2.35 bits per heavy atom. The Bertz CT molecular complexity index is 640. The van der Waals surface area contributed by atoms with Crippen LogP contribution in [-0.4, -0.2) is 25.9 Å². The molecule has 5 nitrogen and oxygen atoms in total. The third kappa shape index (κ3) is 2.42. The van der Waals surface area contributed by atoms with E-state index in [0.29, 0.717) is 17.5 Å². The van der Waals surface area contributed by atoms with Gasteiger partial charge in [-0.05, 0) is 12.1 Å². The molecule has 0 aliphatic carbocycles. The summed E-state index contributed by atoms with van der Waals surface area (Å²) in [5.74, 6) is -0.00723. The summed E-state index contributed by atoms with van der Waals surface area (Å²) in [6, 6.07) is 6.20. The summed E-state index contributed by atoms with van der Waals surface area (Å²) < 4.78 is 27.4. The molecular weight excluding hydrogens is 242 g/mol. The predicted molar refractivity (Wildman–Crippen MR) is 60.4 cm³/mol. The van der Waals surface area contributed by atoms with Crippen molar-refractivity contribution in [3.63, 3.8) is 0 Å². The first kappa shape index (κ1) is 11.5. The van der Waals surface area contributed by atoms with E-state index in [-0.39, 0.29) is 10.8 Å². The van der Waals surface area contributed by atoms with Crippen molar-refractivity contribution in [2.24, 2.45) is 0 Å². The molecule has 0 aliphatic heterocycles. The lowest BCUT2D eigenvalue weighted by Crippen LogP contribution is -1.96. The van der Waals surface area contributed by atoms with E-state index in [0.717, 1.165) is 6.26 Å². The van der Waals surface area contributed by atoms with Gasteiger partial charge in [-0.15, -0.1) is 0 Å². The Morgan fingerprint density at radius 2 is 1.88 bits per heavy atom. The van der Waals surface area contributed by atoms with Crippen molar-refractivity contribution in [3.05, 3.63) is 36.4 Å². The van der Waals surface area contributed by atoms with Crippen molar-refractivity contribution >= 4 is 16.1 Å². The number of nitrogens with zero attached hydrogens (tertiary/aromatic N) is 1. The van der Waals surface area contributed by atoms with Gasteiger partial charge in [-0.2, -0.15) is 0 Å². The minimum absolute atomic E-state index is 0.00723. The van der Waals surface area contributed by atoms with E-state index in [4.69, 9.17) is 4.42 Å². The number of aromatic nitrogens is 1. The second-order valence-electron chi connectivity index (χ2n) is 3.49. The standard InChI is InChI=1S/C11H9NO4S/c1-17(14,15)9-4-2-8(3-5-9)10-7-16-11(6-13)12-10/h2-7H,1H3. The third-order valence-corrected chi connectivity index (χ3v) is 3.33. The number of carbonyl (C=O) groups is 1. The van der Waals surface area contributed by atoms with E-state index >= 15 is 0 Å². The van der Waals surface area contributed by atoms with Crippen LogP contribution in [0.3, 0.4) is 0 Å². The van der Waals surface area contributed by atoms with Crippen LogP contribution in [0.4, 0.5) is 0 Å². The van der Waals surface area contributed by atoms with Crippen molar-refractivity contribution in [1.29, 1.82) is 0 Å². The summed E-state index contributed by atoms with van der Waals surface area (Å²) in [6.07, 6.45) is 3.00. The summed E-state index contributed by atoms with van der Waals surface area (Å²) >= 11 is 0. The first-order chi connectivity index (χ1) is 8.00. The summed E-state index contributed by atoms with van der Waals surface area (Å²) in [7, 11) is -3.20. The van der Waals surface area contributed by atoms with Gasteiger partial charge in [0.15, 0.2) is 9.84 Å². The lowest BCUT2D eigenvalue weighted by Gasteiger charge is -1.99. The molecule has 6 heteroatoms. The fourth-order valence-electron chi connectivity index (χ4n) is 1.35. The second kappa shape index (κ2) is 4.14. The highest BCUT2D eigenvalue weighted by Gasteiger charge is 2.09. The van der Waals surface area contributed by atoms with Gasteiger partial charge in [-0.3, -0.25) is 4.79 Å². The van der Waals surface area contributed by atoms with E-state index in [2.05, 4.69) is 4.98 Å². The first-order valence-corrected chi connectivity index (χ1v) is 6.61. The molecule has 2 rings (SSSR count). The van der Waals surface area contributed by atoms with Gasteiger partial charge in [0.05, 0.1) is 4.90 Å². The molecule has 88 valence electrons. The number of oxazole rings is 1. The van der Waals surface area contributed by atoms with E-state index in [1.54, 1.807) is 12.1 Å². The van der Waals surface area contributed by atoms with Gasteiger partial charge >= 0.3 is 0 Å². The van der Waals surface area contributed by atoms with Gasteiger partial charge in [-0.25, -0.2) is 13.4 Å². The molecule has 0 unspecified atom stereocenters. The van der Waals surface area contributed by atoms with Gasteiger partial charge in [0.1, 0.15) is 12.0 Å². The van der Waals surface area contributed by atoms with E-state index < -0.39 is 9.84 Å². The molecule has 0 fully saturated rings. The zero-order valence-corrected chi connectivity index (χ0v) is 9.77. The molecule has 1 aromatic carbocycles. The monoisotopic (exact) mass is 251 g/mol. The summed E-state index contributed by atoms with van der Waals surface area (Å²) in [5, 5.41) is 0. The quantitative estimate of drug-likeness (QED) is 0.773. The summed E-state index contributed by atoms with van der Waals surface area (Å²) in [5.41, 5.74) is 1.18. The number of aldehydes is 1. The van der Waals surface area contributed by atoms with Crippen LogP contribution in [0.5, 0.6) is 0 Å². The Labute approximate surface area is 98.0 Å². The molecule has 0 saturated heterocycles. The number of hydrogen-bond donors (Lipinski definition) is 0. The molecule has 0 radical (unpaired) electrons. The molecule has 1 heterocycles. The number of rotatable bonds is 3. The highest BCUT2D eigenvalue weighted by molar-refractivity contribution is 7.90. The largest absolute Gasteiger partial charge is 0.442 e. The van der Waals surface area contributed by atoms with Crippen LogP contribution in [0.2, 0.25) is 0 Å². The number of carbonyl (C=O) groups excluding carboxylic acids is 1. The zero-order chi connectivity index (χ0) is 12.5. The van der Waals surface area contributed by atoms with Gasteiger partial charge in [0, 0.05) is 11.8 Å². The molecule has 1 aromatic heterocycles. The maximum Gasteiger partial charge on any atom is 0.260 e. The highest BCUT2D eigenvalue weighted by atomic mass is 32.2. The molecule has 0 N–H and O–H groups in total. The van der Waals surface area contributed by atoms with E-state index in [1.165, 1.54) is 18.4 Å². The molecule has 0 spiro atoms. The molecule has 0 atom stereocenters. The molecule has 2 aromatic rings. The van der Waals surface area contributed by atoms with Crippen molar-refractivity contribution in [2.75, 3.05) is 6.26 Å². The highest BCUT2D eigenvalue weighted by Crippen LogP contribution is 2.20. The van der Waals surface area contributed by atoms with E-state index in [9.17, 15) is 13.2 Å². The molecule has 0 aliphatic rings. The Kier molecular flexibility index (Phi) is 2.81. The van der Waals surface area contributed by atoms with Crippen LogP contribution in [0.1, 0.15) is 10.7 Å². The van der Waals surface area contributed by atoms with Crippen LogP contribution in [-0.2, 0) is 9.84 Å². The van der Waals surface area contributed by atoms with E-state index in [1.807, 2.05) is 0 Å². The lowest BCUT2D eigenvalue weighted by atomic mass is 10.2. The van der Waals surface area contributed by atoms with Crippen molar-refractivity contribution in [2.45, 2.75) is 4.90 Å². The molecular formula is C11H9NO4S. The normalized spacial score (nSPS) is 11.4. The van der Waals surface area contributed by atoms with Crippen LogP contribution in [0.25, 0.3) is 11.3 Å². The molecule has 0 saturated carbocycles. The van der Waals surface area contributed by atoms with Crippen LogP contribution >= 0.6 is 0 Å². The van der Waals surface area contributed by atoms with Gasteiger partial charge in [-0.1, -0.05) is 12.1 Å². The molecule has 0 bridgehead atoms. The third-order valence-electron chi connectivity index (χ3n) is 2.20. The summed E-state index contributed by atoms with van der Waals surface area (Å²) in [6.45, 7) is 0. The van der Waals surface area contributed by atoms with Gasteiger partial charge in [0.2, 0.25) is 6.29 Å². The SMILES string of the molecule is CS(=O)(=O)c1ccc(-c2coc(C=O)n2)cc1. The minimum Gasteiger partial charge on any atom is -0.442 e. The average molecular weight is 251 g/mol. The minimum atomic E-state index is -3.20. The maximum atomic E-state index is 11.3. The Morgan fingerprint density at radius 1 is 1.24 bits per heavy atom. The predicted octanol–water partition coefficient (Wildman–Crippen LogP) is 1.56. The number of sulfone groups is 1. The zero-order valence-electron chi connectivity index (χ0n) is 8.95. The first-order valence-electron chi connectivity index (χ1n) is 4.72. The Hall–Kier alpha value is -1.95. The van der Waals surface area contributed by atoms with Crippen LogP contribution < -0.4 is 0 Å². The van der Waals surface area contributed by atoms with Gasteiger partial charge < -0.3 is 4.42 Å². The smallest absolute Gasteiger partial charge is 0.260 e. The fraction of sp³-hybridized carbons (Fsp3) is 0.0909. The van der Waals surface area contributed by atoms with Crippen LogP contribution in [0.15, 0.2) is 39.8 Å². The van der Waals surface area contributed by atoms with Crippen molar-refractivity contribution in [3.8, 4) is 11.3 Å². The maximum absolute atomic E-state index is 11.3. The van der Waals surface area contributed by atoms with Crippen LogP contribution in [0, 0.1) is 0 Å². The lowest BCUT2D eigenvalue weighted by molar-refractivity contribution is 0.109. The fourth-order valence-corrected chi connectivity index (χ4v) is 1.98.